The first-order chi connectivity index (χ1) is 14.0. The van der Waals surface area contributed by atoms with Gasteiger partial charge in [0.1, 0.15) is 0 Å². The van der Waals surface area contributed by atoms with E-state index in [-0.39, 0.29) is 11.7 Å². The average molecular weight is 468 g/mol. The molecule has 0 saturated heterocycles. The number of benzene rings is 3. The van der Waals surface area contributed by atoms with Gasteiger partial charge >= 0.3 is 0 Å². The molecule has 4 rings (SSSR count). The van der Waals surface area contributed by atoms with Crippen molar-refractivity contribution in [2.24, 2.45) is 0 Å². The van der Waals surface area contributed by atoms with Crippen LogP contribution in [0.1, 0.15) is 16.2 Å². The largest absolute Gasteiger partial charge is 0.319 e. The number of para-hydroxylation sites is 1. The molecule has 1 aromatic heterocycles. The molecule has 0 aliphatic rings. The van der Waals surface area contributed by atoms with E-state index in [9.17, 15) is 4.79 Å². The first-order valence-electron chi connectivity index (χ1n) is 8.87. The summed E-state index contributed by atoms with van der Waals surface area (Å²) in [6.45, 7) is 1.93. The van der Waals surface area contributed by atoms with Crippen LogP contribution >= 0.6 is 27.5 Å². The number of carbonyl (C=O) groups is 1. The highest BCUT2D eigenvalue weighted by molar-refractivity contribution is 9.10. The predicted octanol–water partition coefficient (Wildman–Crippen LogP) is 5.91. The smallest absolute Gasteiger partial charge is 0.295 e. The Bertz CT molecular complexity index is 1170. The van der Waals surface area contributed by atoms with E-state index in [1.165, 1.54) is 0 Å². The van der Waals surface area contributed by atoms with E-state index in [4.69, 9.17) is 11.6 Å². The lowest BCUT2D eigenvalue weighted by Crippen LogP contribution is -2.15. The van der Waals surface area contributed by atoms with Crippen LogP contribution in [0.3, 0.4) is 0 Å². The second kappa shape index (κ2) is 8.19. The molecule has 144 valence electrons. The minimum Gasteiger partial charge on any atom is -0.319 e. The molecule has 3 aromatic carbocycles. The highest BCUT2D eigenvalue weighted by Gasteiger charge is 2.19. The van der Waals surface area contributed by atoms with Gasteiger partial charge in [0.15, 0.2) is 5.82 Å². The first kappa shape index (κ1) is 19.4. The highest BCUT2D eigenvalue weighted by Crippen LogP contribution is 2.24. The lowest BCUT2D eigenvalue weighted by Gasteiger charge is -2.06. The zero-order valence-electron chi connectivity index (χ0n) is 15.4. The Morgan fingerprint density at radius 1 is 1.03 bits per heavy atom. The summed E-state index contributed by atoms with van der Waals surface area (Å²) >= 11 is 9.44. The number of aromatic nitrogens is 3. The van der Waals surface area contributed by atoms with Crippen LogP contribution in [-0.4, -0.2) is 20.7 Å². The van der Waals surface area contributed by atoms with E-state index in [2.05, 4.69) is 31.3 Å². The number of carbonyl (C=O) groups excluding carboxylic acids is 1. The molecule has 0 spiro atoms. The quantitative estimate of drug-likeness (QED) is 0.406. The van der Waals surface area contributed by atoms with Gasteiger partial charge in [-0.25, -0.2) is 9.67 Å². The van der Waals surface area contributed by atoms with Crippen LogP contribution < -0.4 is 5.32 Å². The van der Waals surface area contributed by atoms with Crippen molar-refractivity contribution < 1.29 is 4.79 Å². The number of amides is 1. The fourth-order valence-corrected chi connectivity index (χ4v) is 3.49. The van der Waals surface area contributed by atoms with Crippen LogP contribution in [-0.2, 0) is 0 Å². The molecule has 0 radical (unpaired) electrons. The highest BCUT2D eigenvalue weighted by atomic mass is 79.9. The third-order valence-electron chi connectivity index (χ3n) is 4.35. The summed E-state index contributed by atoms with van der Waals surface area (Å²) in [6.07, 6.45) is 0. The van der Waals surface area contributed by atoms with Crippen LogP contribution in [0.2, 0.25) is 5.02 Å². The second-order valence-electron chi connectivity index (χ2n) is 6.43. The monoisotopic (exact) mass is 466 g/mol. The predicted molar refractivity (Wildman–Crippen MR) is 119 cm³/mol. The zero-order valence-corrected chi connectivity index (χ0v) is 17.8. The summed E-state index contributed by atoms with van der Waals surface area (Å²) < 4.78 is 2.61. The molecule has 7 heteroatoms. The molecule has 0 bridgehead atoms. The molecule has 1 heterocycles. The number of rotatable bonds is 4. The van der Waals surface area contributed by atoms with Gasteiger partial charge in [0, 0.05) is 20.7 Å². The standard InChI is InChI=1S/C22H16BrClN4O/c1-14-13-16(23)9-12-19(14)25-22(29)20-26-21(15-7-10-17(24)11-8-15)28(27-20)18-5-3-2-4-6-18/h2-13H,1H3,(H,25,29). The average Bonchev–Trinajstić information content (AvgIpc) is 3.17. The van der Waals surface area contributed by atoms with Crippen molar-refractivity contribution >= 4 is 39.1 Å². The molecule has 0 unspecified atom stereocenters. The maximum Gasteiger partial charge on any atom is 0.295 e. The molecule has 0 atom stereocenters. The Hall–Kier alpha value is -2.96. The van der Waals surface area contributed by atoms with E-state index in [1.807, 2.05) is 67.6 Å². The molecule has 0 aliphatic carbocycles. The van der Waals surface area contributed by atoms with Crippen molar-refractivity contribution in [3.63, 3.8) is 0 Å². The number of hydrogen-bond donors (Lipinski definition) is 1. The van der Waals surface area contributed by atoms with Gasteiger partial charge in [0.2, 0.25) is 5.82 Å². The molecule has 0 saturated carbocycles. The van der Waals surface area contributed by atoms with Gasteiger partial charge in [-0.15, -0.1) is 5.10 Å². The second-order valence-corrected chi connectivity index (χ2v) is 7.78. The zero-order chi connectivity index (χ0) is 20.4. The fraction of sp³-hybridized carbons (Fsp3) is 0.0455. The van der Waals surface area contributed by atoms with Crippen LogP contribution in [0.15, 0.2) is 77.3 Å². The molecular weight excluding hydrogens is 452 g/mol. The van der Waals surface area contributed by atoms with Crippen LogP contribution in [0.25, 0.3) is 17.1 Å². The fourth-order valence-electron chi connectivity index (χ4n) is 2.89. The minimum atomic E-state index is -0.375. The number of aryl methyl sites for hydroxylation is 1. The van der Waals surface area contributed by atoms with Crippen molar-refractivity contribution in [1.29, 1.82) is 0 Å². The summed E-state index contributed by atoms with van der Waals surface area (Å²) in [4.78, 5) is 17.4. The third kappa shape index (κ3) is 4.23. The lowest BCUT2D eigenvalue weighted by molar-refractivity contribution is 0.101. The Kier molecular flexibility index (Phi) is 5.47. The van der Waals surface area contributed by atoms with Crippen LogP contribution in [0, 0.1) is 6.92 Å². The number of nitrogens with one attached hydrogen (secondary N) is 1. The topological polar surface area (TPSA) is 59.8 Å². The van der Waals surface area contributed by atoms with Gasteiger partial charge in [-0.1, -0.05) is 45.7 Å². The van der Waals surface area contributed by atoms with E-state index in [0.717, 1.165) is 21.3 Å². The van der Waals surface area contributed by atoms with E-state index in [0.29, 0.717) is 16.5 Å². The van der Waals surface area contributed by atoms with Crippen molar-refractivity contribution in [2.75, 3.05) is 5.32 Å². The summed E-state index contributed by atoms with van der Waals surface area (Å²) in [7, 11) is 0. The maximum absolute atomic E-state index is 12.9. The van der Waals surface area contributed by atoms with Gasteiger partial charge < -0.3 is 5.32 Å². The molecule has 29 heavy (non-hydrogen) atoms. The summed E-state index contributed by atoms with van der Waals surface area (Å²) in [5, 5.41) is 7.99. The molecule has 5 nitrogen and oxygen atoms in total. The Morgan fingerprint density at radius 3 is 2.45 bits per heavy atom. The van der Waals surface area contributed by atoms with Crippen molar-refractivity contribution in [3.05, 3.63) is 93.7 Å². The molecule has 1 amide bonds. The summed E-state index contributed by atoms with van der Waals surface area (Å²) in [6, 6.07) is 22.5. The van der Waals surface area contributed by atoms with E-state index >= 15 is 0 Å². The van der Waals surface area contributed by atoms with E-state index < -0.39 is 0 Å². The van der Waals surface area contributed by atoms with Gasteiger partial charge in [-0.05, 0) is 67.1 Å². The van der Waals surface area contributed by atoms with Gasteiger partial charge in [-0.3, -0.25) is 4.79 Å². The molecular formula is C22H16BrClN4O. The summed E-state index contributed by atoms with van der Waals surface area (Å²) in [5.74, 6) is 0.270. The lowest BCUT2D eigenvalue weighted by atomic mass is 10.2. The SMILES string of the molecule is Cc1cc(Br)ccc1NC(=O)c1nc(-c2ccc(Cl)cc2)n(-c2ccccc2)n1. The van der Waals surface area contributed by atoms with Crippen LogP contribution in [0.4, 0.5) is 5.69 Å². The van der Waals surface area contributed by atoms with Crippen molar-refractivity contribution in [1.82, 2.24) is 14.8 Å². The van der Waals surface area contributed by atoms with Gasteiger partial charge in [-0.2, -0.15) is 0 Å². The minimum absolute atomic E-state index is 0.0844. The normalized spacial score (nSPS) is 10.7. The number of halogens is 2. The number of hydrogen-bond acceptors (Lipinski definition) is 3. The van der Waals surface area contributed by atoms with Crippen LogP contribution in [0.5, 0.6) is 0 Å². The third-order valence-corrected chi connectivity index (χ3v) is 5.10. The maximum atomic E-state index is 12.9. The molecule has 1 N–H and O–H groups in total. The Labute approximate surface area is 181 Å². The van der Waals surface area contributed by atoms with Gasteiger partial charge in [0.05, 0.1) is 5.69 Å². The number of anilines is 1. The Morgan fingerprint density at radius 2 is 1.76 bits per heavy atom. The summed E-state index contributed by atoms with van der Waals surface area (Å²) in [5.41, 5.74) is 3.27. The van der Waals surface area contributed by atoms with Gasteiger partial charge in [0.25, 0.3) is 5.91 Å². The number of nitrogens with zero attached hydrogens (tertiary/aromatic N) is 3. The van der Waals surface area contributed by atoms with E-state index in [1.54, 1.807) is 16.8 Å². The van der Waals surface area contributed by atoms with Crippen molar-refractivity contribution in [2.45, 2.75) is 6.92 Å². The first-order valence-corrected chi connectivity index (χ1v) is 10.0. The molecule has 4 aromatic rings. The molecule has 0 fully saturated rings. The Balaban J connectivity index is 1.74. The van der Waals surface area contributed by atoms with Crippen molar-refractivity contribution in [3.8, 4) is 17.1 Å². The molecule has 0 aliphatic heterocycles.